The molecular formula is C18H37Cl2N3O2. The van der Waals surface area contributed by atoms with Crippen LogP contribution in [0.3, 0.4) is 0 Å². The van der Waals surface area contributed by atoms with E-state index in [2.05, 4.69) is 36.3 Å². The Bertz CT molecular complexity index is 360. The van der Waals surface area contributed by atoms with Gasteiger partial charge < -0.3 is 15.4 Å². The van der Waals surface area contributed by atoms with Gasteiger partial charge in [0.1, 0.15) is 0 Å². The predicted molar refractivity (Wildman–Crippen MR) is 108 cm³/mol. The summed E-state index contributed by atoms with van der Waals surface area (Å²) in [5.74, 6) is 1.86. The van der Waals surface area contributed by atoms with Crippen molar-refractivity contribution < 1.29 is 9.53 Å². The van der Waals surface area contributed by atoms with Crippen LogP contribution >= 0.6 is 24.8 Å². The lowest BCUT2D eigenvalue weighted by Gasteiger charge is -2.37. The summed E-state index contributed by atoms with van der Waals surface area (Å²) < 4.78 is 5.44. The molecule has 0 aromatic carbocycles. The van der Waals surface area contributed by atoms with Crippen molar-refractivity contribution in [3.8, 4) is 0 Å². The molecule has 150 valence electrons. The summed E-state index contributed by atoms with van der Waals surface area (Å²) in [7, 11) is 0. The summed E-state index contributed by atoms with van der Waals surface area (Å²) in [6, 6.07) is 0.412. The van der Waals surface area contributed by atoms with Crippen LogP contribution in [0.2, 0.25) is 0 Å². The molecule has 2 saturated heterocycles. The Morgan fingerprint density at radius 3 is 2.48 bits per heavy atom. The number of morpholine rings is 1. The minimum absolute atomic E-state index is 0. The van der Waals surface area contributed by atoms with Gasteiger partial charge in [0.05, 0.1) is 13.2 Å². The molecule has 0 aromatic heterocycles. The van der Waals surface area contributed by atoms with Gasteiger partial charge in [-0.25, -0.2) is 0 Å². The smallest absolute Gasteiger partial charge is 0.220 e. The first-order valence-electron chi connectivity index (χ1n) is 9.37. The monoisotopic (exact) mass is 397 g/mol. The molecule has 2 N–H and O–H groups in total. The first-order valence-corrected chi connectivity index (χ1v) is 9.37. The summed E-state index contributed by atoms with van der Waals surface area (Å²) in [6.07, 6.45) is 3.15. The van der Waals surface area contributed by atoms with Gasteiger partial charge in [0.2, 0.25) is 5.91 Å². The summed E-state index contributed by atoms with van der Waals surface area (Å²) >= 11 is 0. The topological polar surface area (TPSA) is 53.6 Å². The van der Waals surface area contributed by atoms with E-state index in [9.17, 15) is 4.79 Å². The van der Waals surface area contributed by atoms with Crippen LogP contribution in [0, 0.1) is 17.8 Å². The van der Waals surface area contributed by atoms with Crippen LogP contribution in [0.4, 0.5) is 0 Å². The van der Waals surface area contributed by atoms with E-state index in [-0.39, 0.29) is 30.7 Å². The Hall–Kier alpha value is -0.0700. The average Bonchev–Trinajstić information content (AvgIpc) is 2.56. The van der Waals surface area contributed by atoms with E-state index >= 15 is 0 Å². The van der Waals surface area contributed by atoms with Gasteiger partial charge in [-0.1, -0.05) is 20.8 Å². The zero-order valence-corrected chi connectivity index (χ0v) is 17.6. The highest BCUT2D eigenvalue weighted by Gasteiger charge is 2.25. The molecule has 0 bridgehead atoms. The van der Waals surface area contributed by atoms with Crippen molar-refractivity contribution in [2.45, 2.75) is 46.1 Å². The number of hydrogen-bond donors (Lipinski definition) is 2. The Morgan fingerprint density at radius 2 is 1.92 bits per heavy atom. The van der Waals surface area contributed by atoms with Crippen LogP contribution in [-0.4, -0.2) is 62.8 Å². The third kappa shape index (κ3) is 8.44. The molecule has 0 saturated carbocycles. The number of carbonyl (C=O) groups excluding carboxylic acids is 1. The standard InChI is InChI=1S/C18H35N3O2.2ClH/c1-14(2)17(21-7-9-23-10-8-21)13-20-18(22)11-15(3)16-5-4-6-19-12-16;;/h14-17,19H,4-13H2,1-3H3,(H,20,22);2*1H. The van der Waals surface area contributed by atoms with E-state index in [1.807, 2.05) is 0 Å². The number of halogens is 2. The van der Waals surface area contributed by atoms with Gasteiger partial charge in [-0.05, 0) is 43.7 Å². The molecule has 0 aliphatic carbocycles. The number of ether oxygens (including phenoxy) is 1. The second-order valence-corrected chi connectivity index (χ2v) is 7.55. The van der Waals surface area contributed by atoms with Crippen LogP contribution in [0.15, 0.2) is 0 Å². The van der Waals surface area contributed by atoms with Gasteiger partial charge in [-0.15, -0.1) is 24.8 Å². The predicted octanol–water partition coefficient (Wildman–Crippen LogP) is 2.33. The van der Waals surface area contributed by atoms with Gasteiger partial charge >= 0.3 is 0 Å². The lowest BCUT2D eigenvalue weighted by atomic mass is 9.85. The Labute approximate surface area is 165 Å². The molecule has 7 heteroatoms. The number of carbonyl (C=O) groups is 1. The molecule has 2 aliphatic rings. The van der Waals surface area contributed by atoms with Gasteiger partial charge in [-0.2, -0.15) is 0 Å². The summed E-state index contributed by atoms with van der Waals surface area (Å²) in [5.41, 5.74) is 0. The summed E-state index contributed by atoms with van der Waals surface area (Å²) in [6.45, 7) is 13.2. The summed E-state index contributed by atoms with van der Waals surface area (Å²) in [5, 5.41) is 6.64. The van der Waals surface area contributed by atoms with Crippen molar-refractivity contribution in [2.24, 2.45) is 17.8 Å². The molecule has 2 aliphatic heterocycles. The second-order valence-electron chi connectivity index (χ2n) is 7.55. The number of nitrogens with one attached hydrogen (secondary N) is 2. The van der Waals surface area contributed by atoms with E-state index in [4.69, 9.17) is 4.74 Å². The molecule has 0 aromatic rings. The second kappa shape index (κ2) is 13.2. The minimum atomic E-state index is 0. The zero-order valence-electron chi connectivity index (χ0n) is 16.0. The Kier molecular flexibility index (Phi) is 13.1. The van der Waals surface area contributed by atoms with Crippen molar-refractivity contribution in [1.82, 2.24) is 15.5 Å². The quantitative estimate of drug-likeness (QED) is 0.691. The van der Waals surface area contributed by atoms with Gasteiger partial charge in [-0.3, -0.25) is 9.69 Å². The van der Waals surface area contributed by atoms with Gasteiger partial charge in [0.15, 0.2) is 0 Å². The third-order valence-corrected chi connectivity index (χ3v) is 5.44. The van der Waals surface area contributed by atoms with E-state index < -0.39 is 0 Å². The molecule has 0 radical (unpaired) electrons. The van der Waals surface area contributed by atoms with Crippen molar-refractivity contribution in [3.63, 3.8) is 0 Å². The SMILES string of the molecule is CC(C)C(CNC(=O)CC(C)C1CCCNC1)N1CCOCC1.Cl.Cl. The molecule has 1 amide bonds. The molecular weight excluding hydrogens is 361 g/mol. The van der Waals surface area contributed by atoms with Crippen LogP contribution in [0.25, 0.3) is 0 Å². The molecule has 2 rings (SSSR count). The van der Waals surface area contributed by atoms with Crippen LogP contribution < -0.4 is 10.6 Å². The first kappa shape index (κ1) is 24.9. The fraction of sp³-hybridized carbons (Fsp3) is 0.944. The highest BCUT2D eigenvalue weighted by Crippen LogP contribution is 2.22. The molecule has 0 spiro atoms. The Morgan fingerprint density at radius 1 is 1.24 bits per heavy atom. The summed E-state index contributed by atoms with van der Waals surface area (Å²) in [4.78, 5) is 14.8. The maximum atomic E-state index is 12.3. The molecule has 2 fully saturated rings. The maximum Gasteiger partial charge on any atom is 0.220 e. The number of rotatable bonds is 7. The van der Waals surface area contributed by atoms with Crippen molar-refractivity contribution in [1.29, 1.82) is 0 Å². The zero-order chi connectivity index (χ0) is 16.7. The lowest BCUT2D eigenvalue weighted by molar-refractivity contribution is -0.122. The van der Waals surface area contributed by atoms with E-state index in [1.54, 1.807) is 0 Å². The fourth-order valence-corrected chi connectivity index (χ4v) is 3.81. The maximum absolute atomic E-state index is 12.3. The molecule has 25 heavy (non-hydrogen) atoms. The van der Waals surface area contributed by atoms with E-state index in [0.717, 1.165) is 45.9 Å². The molecule has 2 heterocycles. The minimum Gasteiger partial charge on any atom is -0.379 e. The highest BCUT2D eigenvalue weighted by atomic mass is 35.5. The van der Waals surface area contributed by atoms with Crippen LogP contribution in [0.1, 0.15) is 40.0 Å². The highest BCUT2D eigenvalue weighted by molar-refractivity contribution is 5.85. The lowest BCUT2D eigenvalue weighted by Crippen LogP contribution is -2.51. The van der Waals surface area contributed by atoms with Crippen LogP contribution in [-0.2, 0) is 9.53 Å². The number of nitrogens with zero attached hydrogens (tertiary/aromatic N) is 1. The normalized spacial score (nSPS) is 23.9. The number of amides is 1. The fourth-order valence-electron chi connectivity index (χ4n) is 3.81. The van der Waals surface area contributed by atoms with Crippen molar-refractivity contribution in [3.05, 3.63) is 0 Å². The first-order chi connectivity index (χ1) is 11.1. The van der Waals surface area contributed by atoms with Crippen LogP contribution in [0.5, 0.6) is 0 Å². The van der Waals surface area contributed by atoms with Gasteiger partial charge in [0.25, 0.3) is 0 Å². The van der Waals surface area contributed by atoms with Crippen molar-refractivity contribution in [2.75, 3.05) is 45.9 Å². The largest absolute Gasteiger partial charge is 0.379 e. The molecule has 5 nitrogen and oxygen atoms in total. The third-order valence-electron chi connectivity index (χ3n) is 5.44. The van der Waals surface area contributed by atoms with Gasteiger partial charge in [0, 0.05) is 32.1 Å². The average molecular weight is 398 g/mol. The Balaban J connectivity index is 0.00000288. The molecule has 3 atom stereocenters. The number of hydrogen-bond acceptors (Lipinski definition) is 4. The van der Waals surface area contributed by atoms with E-state index in [0.29, 0.717) is 30.2 Å². The van der Waals surface area contributed by atoms with E-state index in [1.165, 1.54) is 12.8 Å². The molecule has 3 unspecified atom stereocenters. The number of piperidine rings is 1. The van der Waals surface area contributed by atoms with Crippen molar-refractivity contribution >= 4 is 30.7 Å².